The number of ether oxygens (including phenoxy) is 1. The molecule has 1 aliphatic rings. The van der Waals surface area contributed by atoms with E-state index in [1.165, 1.54) is 0 Å². The van der Waals surface area contributed by atoms with Gasteiger partial charge in [0.1, 0.15) is 11.8 Å². The zero-order valence-electron chi connectivity index (χ0n) is 15.9. The number of piperidine rings is 1. The van der Waals surface area contributed by atoms with Crippen LogP contribution in [0.15, 0.2) is 28.8 Å². The van der Waals surface area contributed by atoms with Gasteiger partial charge in [-0.25, -0.2) is 0 Å². The molecule has 3 rings (SSSR count). The minimum absolute atomic E-state index is 0.125. The van der Waals surface area contributed by atoms with Crippen LogP contribution in [0.2, 0.25) is 0 Å². The Kier molecular flexibility index (Phi) is 6.81. The molecule has 2 N–H and O–H groups in total. The Bertz CT molecular complexity index is 729. The number of benzene rings is 1. The maximum absolute atomic E-state index is 12.7. The summed E-state index contributed by atoms with van der Waals surface area (Å²) in [5.41, 5.74) is 6.39. The smallest absolute Gasteiger partial charge is 0.249 e. The monoisotopic (exact) mass is 372 g/mol. The summed E-state index contributed by atoms with van der Waals surface area (Å²) >= 11 is 0. The quantitative estimate of drug-likeness (QED) is 0.714. The molecule has 1 aliphatic heterocycles. The van der Waals surface area contributed by atoms with Crippen molar-refractivity contribution in [1.29, 1.82) is 0 Å². The summed E-state index contributed by atoms with van der Waals surface area (Å²) in [4.78, 5) is 19.2. The van der Waals surface area contributed by atoms with Crippen molar-refractivity contribution in [2.45, 2.75) is 51.0 Å². The van der Waals surface area contributed by atoms with E-state index in [2.05, 4.69) is 10.1 Å². The lowest BCUT2D eigenvalue weighted by Gasteiger charge is -2.33. The molecule has 0 saturated carbocycles. The van der Waals surface area contributed by atoms with E-state index in [4.69, 9.17) is 15.0 Å². The Morgan fingerprint density at radius 2 is 2.07 bits per heavy atom. The number of unbranched alkanes of at least 4 members (excludes halogenated alkanes) is 2. The molecule has 0 spiro atoms. The molecule has 1 saturated heterocycles. The number of methoxy groups -OCH3 is 1. The predicted octanol–water partition coefficient (Wildman–Crippen LogP) is 3.32. The van der Waals surface area contributed by atoms with E-state index in [1.54, 1.807) is 7.11 Å². The molecule has 1 atom stereocenters. The van der Waals surface area contributed by atoms with Gasteiger partial charge in [-0.1, -0.05) is 11.6 Å². The van der Waals surface area contributed by atoms with E-state index in [1.807, 2.05) is 29.2 Å². The first kappa shape index (κ1) is 19.4. The van der Waals surface area contributed by atoms with Crippen LogP contribution in [0.4, 0.5) is 0 Å². The lowest BCUT2D eigenvalue weighted by molar-refractivity contribution is -0.135. The van der Waals surface area contributed by atoms with Crippen molar-refractivity contribution in [3.63, 3.8) is 0 Å². The highest BCUT2D eigenvalue weighted by Gasteiger charge is 2.31. The lowest BCUT2D eigenvalue weighted by Crippen LogP contribution is -2.38. The standard InChI is InChI=1S/C20H28N4O3/c1-26-16-11-9-15(10-12-16)19-22-20(27-23-19)17-7-4-6-14-24(17)18(25)8-3-2-5-13-21/h9-12,17H,2-8,13-14,21H2,1H3. The summed E-state index contributed by atoms with van der Waals surface area (Å²) in [6, 6.07) is 7.40. The van der Waals surface area contributed by atoms with E-state index in [0.717, 1.165) is 56.4 Å². The molecule has 0 radical (unpaired) electrons. The minimum Gasteiger partial charge on any atom is -0.497 e. The van der Waals surface area contributed by atoms with E-state index in [0.29, 0.717) is 24.7 Å². The molecule has 2 heterocycles. The second-order valence-electron chi connectivity index (χ2n) is 6.88. The molecule has 0 aliphatic carbocycles. The van der Waals surface area contributed by atoms with Gasteiger partial charge in [-0.15, -0.1) is 0 Å². The fraction of sp³-hybridized carbons (Fsp3) is 0.550. The van der Waals surface area contributed by atoms with Gasteiger partial charge in [0.05, 0.1) is 7.11 Å². The van der Waals surface area contributed by atoms with Crippen LogP contribution in [0, 0.1) is 0 Å². The van der Waals surface area contributed by atoms with Crippen molar-refractivity contribution < 1.29 is 14.1 Å². The first-order chi connectivity index (χ1) is 13.2. The van der Waals surface area contributed by atoms with Crippen LogP contribution in [0.1, 0.15) is 56.9 Å². The zero-order chi connectivity index (χ0) is 19.1. The van der Waals surface area contributed by atoms with Crippen LogP contribution in [0.5, 0.6) is 5.75 Å². The first-order valence-electron chi connectivity index (χ1n) is 9.70. The molecule has 1 amide bonds. The Morgan fingerprint density at radius 1 is 1.26 bits per heavy atom. The number of nitrogens with two attached hydrogens (primary N) is 1. The summed E-state index contributed by atoms with van der Waals surface area (Å²) in [6.45, 7) is 1.43. The average Bonchev–Trinajstić information content (AvgIpc) is 3.21. The lowest BCUT2D eigenvalue weighted by atomic mass is 10.0. The molecule has 1 unspecified atom stereocenters. The third kappa shape index (κ3) is 4.86. The van der Waals surface area contributed by atoms with Crippen molar-refractivity contribution in [2.75, 3.05) is 20.2 Å². The highest BCUT2D eigenvalue weighted by Crippen LogP contribution is 2.32. The molecule has 1 aromatic heterocycles. The molecular weight excluding hydrogens is 344 g/mol. The Labute approximate surface area is 159 Å². The number of likely N-dealkylation sites (tertiary alicyclic amines) is 1. The molecule has 146 valence electrons. The molecule has 1 aromatic carbocycles. The molecule has 27 heavy (non-hydrogen) atoms. The van der Waals surface area contributed by atoms with Gasteiger partial charge < -0.3 is 19.9 Å². The number of carbonyl (C=O) groups excluding carboxylic acids is 1. The SMILES string of the molecule is COc1ccc(-c2noc(C3CCCCN3C(=O)CCCCCN)n2)cc1. The van der Waals surface area contributed by atoms with Gasteiger partial charge in [0.25, 0.3) is 0 Å². The van der Waals surface area contributed by atoms with Crippen molar-refractivity contribution in [3.8, 4) is 17.1 Å². The van der Waals surface area contributed by atoms with Crippen LogP contribution in [0.3, 0.4) is 0 Å². The normalized spacial score (nSPS) is 17.1. The summed E-state index contributed by atoms with van der Waals surface area (Å²) in [5, 5.41) is 4.12. The highest BCUT2D eigenvalue weighted by molar-refractivity contribution is 5.76. The van der Waals surface area contributed by atoms with Gasteiger partial charge >= 0.3 is 0 Å². The van der Waals surface area contributed by atoms with Gasteiger partial charge in [-0.3, -0.25) is 4.79 Å². The number of aromatic nitrogens is 2. The van der Waals surface area contributed by atoms with Gasteiger partial charge in [0.2, 0.25) is 17.6 Å². The minimum atomic E-state index is -0.125. The molecule has 1 fully saturated rings. The molecule has 2 aromatic rings. The van der Waals surface area contributed by atoms with Gasteiger partial charge in [0.15, 0.2) is 0 Å². The summed E-state index contributed by atoms with van der Waals surface area (Å²) in [6.07, 6.45) is 6.32. The summed E-state index contributed by atoms with van der Waals surface area (Å²) in [5.74, 6) is 2.01. The van der Waals surface area contributed by atoms with E-state index < -0.39 is 0 Å². The summed E-state index contributed by atoms with van der Waals surface area (Å²) in [7, 11) is 1.63. The molecule has 7 heteroatoms. The maximum atomic E-state index is 12.7. The van der Waals surface area contributed by atoms with Crippen LogP contribution in [0.25, 0.3) is 11.4 Å². The summed E-state index contributed by atoms with van der Waals surface area (Å²) < 4.78 is 10.7. The average molecular weight is 372 g/mol. The van der Waals surface area contributed by atoms with Gasteiger partial charge in [-0.05, 0) is 62.9 Å². The Hall–Kier alpha value is -2.41. The molecular formula is C20H28N4O3. The largest absolute Gasteiger partial charge is 0.497 e. The third-order valence-corrected chi connectivity index (χ3v) is 4.99. The number of rotatable bonds is 8. The zero-order valence-corrected chi connectivity index (χ0v) is 15.9. The van der Waals surface area contributed by atoms with Crippen molar-refractivity contribution in [3.05, 3.63) is 30.2 Å². The second-order valence-corrected chi connectivity index (χ2v) is 6.88. The number of hydrogen-bond acceptors (Lipinski definition) is 6. The number of amides is 1. The van der Waals surface area contributed by atoms with Crippen LogP contribution in [-0.2, 0) is 4.79 Å². The van der Waals surface area contributed by atoms with Crippen LogP contribution in [-0.4, -0.2) is 41.1 Å². The van der Waals surface area contributed by atoms with Crippen molar-refractivity contribution in [2.24, 2.45) is 5.73 Å². The fourth-order valence-corrected chi connectivity index (χ4v) is 3.46. The topological polar surface area (TPSA) is 94.5 Å². The third-order valence-electron chi connectivity index (χ3n) is 4.99. The van der Waals surface area contributed by atoms with Gasteiger partial charge in [-0.2, -0.15) is 4.98 Å². The van der Waals surface area contributed by atoms with E-state index in [-0.39, 0.29) is 11.9 Å². The number of carbonyl (C=O) groups is 1. The second kappa shape index (κ2) is 9.50. The first-order valence-corrected chi connectivity index (χ1v) is 9.70. The predicted molar refractivity (Wildman–Crippen MR) is 102 cm³/mol. The van der Waals surface area contributed by atoms with E-state index >= 15 is 0 Å². The Balaban J connectivity index is 1.69. The van der Waals surface area contributed by atoms with Crippen molar-refractivity contribution in [1.82, 2.24) is 15.0 Å². The molecule has 0 bridgehead atoms. The van der Waals surface area contributed by atoms with Gasteiger partial charge in [0, 0.05) is 18.5 Å². The number of nitrogens with zero attached hydrogens (tertiary/aromatic N) is 3. The fourth-order valence-electron chi connectivity index (χ4n) is 3.46. The maximum Gasteiger partial charge on any atom is 0.249 e. The number of hydrogen-bond donors (Lipinski definition) is 1. The van der Waals surface area contributed by atoms with Crippen LogP contribution >= 0.6 is 0 Å². The highest BCUT2D eigenvalue weighted by atomic mass is 16.5. The van der Waals surface area contributed by atoms with Crippen LogP contribution < -0.4 is 10.5 Å². The van der Waals surface area contributed by atoms with E-state index in [9.17, 15) is 4.79 Å². The van der Waals surface area contributed by atoms with Crippen molar-refractivity contribution >= 4 is 5.91 Å². The Morgan fingerprint density at radius 3 is 2.81 bits per heavy atom. The molecule has 7 nitrogen and oxygen atoms in total.